The summed E-state index contributed by atoms with van der Waals surface area (Å²) in [6, 6.07) is 7.39. The molecule has 120 valence electrons. The summed E-state index contributed by atoms with van der Waals surface area (Å²) >= 11 is 0. The van der Waals surface area contributed by atoms with E-state index in [-0.39, 0.29) is 12.6 Å². The van der Waals surface area contributed by atoms with Crippen LogP contribution in [0.5, 0.6) is 0 Å². The molecular formula is C16H23N3O3. The Balaban J connectivity index is 2.32. The Kier molecular flexibility index (Phi) is 5.51. The molecule has 0 aliphatic heterocycles. The van der Waals surface area contributed by atoms with Crippen LogP contribution in [0.3, 0.4) is 0 Å². The number of methoxy groups -OCH3 is 1. The number of ether oxygens (including phenoxy) is 2. The highest BCUT2D eigenvalue weighted by Crippen LogP contribution is 2.22. The Bertz CT molecular complexity index is 637. The fourth-order valence-electron chi connectivity index (χ4n) is 2.37. The van der Waals surface area contributed by atoms with Gasteiger partial charge in [0.05, 0.1) is 24.2 Å². The minimum absolute atomic E-state index is 0.259. The predicted molar refractivity (Wildman–Crippen MR) is 84.7 cm³/mol. The number of esters is 1. The normalized spacial score (nSPS) is 12.8. The summed E-state index contributed by atoms with van der Waals surface area (Å²) in [5.74, 6) is 0.572. The van der Waals surface area contributed by atoms with Crippen LogP contribution in [0.2, 0.25) is 0 Å². The van der Waals surface area contributed by atoms with Gasteiger partial charge in [-0.25, -0.2) is 9.78 Å². The second-order valence-electron chi connectivity index (χ2n) is 5.46. The van der Waals surface area contributed by atoms with Gasteiger partial charge in [-0.1, -0.05) is 12.1 Å². The minimum Gasteiger partial charge on any atom is -0.462 e. The van der Waals surface area contributed by atoms with Crippen molar-refractivity contribution in [3.05, 3.63) is 30.1 Å². The van der Waals surface area contributed by atoms with E-state index in [1.54, 1.807) is 7.11 Å². The van der Waals surface area contributed by atoms with Crippen molar-refractivity contribution in [1.29, 1.82) is 0 Å². The van der Waals surface area contributed by atoms with Gasteiger partial charge in [-0.05, 0) is 33.2 Å². The maximum absolute atomic E-state index is 12.3. The van der Waals surface area contributed by atoms with E-state index in [9.17, 15) is 4.79 Å². The van der Waals surface area contributed by atoms with Crippen LogP contribution in [0.25, 0.3) is 11.0 Å². The maximum Gasteiger partial charge on any atom is 0.328 e. The molecule has 1 unspecified atom stereocenters. The second-order valence-corrected chi connectivity index (χ2v) is 5.46. The number of para-hydroxylation sites is 2. The van der Waals surface area contributed by atoms with Crippen LogP contribution >= 0.6 is 0 Å². The van der Waals surface area contributed by atoms with Gasteiger partial charge in [-0.3, -0.25) is 0 Å². The molecule has 1 aromatic heterocycles. The Labute approximate surface area is 130 Å². The Morgan fingerprint density at radius 2 is 2.05 bits per heavy atom. The number of carbonyl (C=O) groups excluding carboxylic acids is 1. The van der Waals surface area contributed by atoms with Crippen LogP contribution in [0, 0.1) is 0 Å². The van der Waals surface area contributed by atoms with Gasteiger partial charge in [0.1, 0.15) is 18.5 Å². The summed E-state index contributed by atoms with van der Waals surface area (Å²) in [6.45, 7) is 3.15. The molecule has 6 heteroatoms. The van der Waals surface area contributed by atoms with E-state index in [1.165, 1.54) is 0 Å². The first kappa shape index (κ1) is 16.5. The van der Waals surface area contributed by atoms with E-state index < -0.39 is 6.04 Å². The van der Waals surface area contributed by atoms with Crippen LogP contribution in [0.15, 0.2) is 24.3 Å². The lowest BCUT2D eigenvalue weighted by Gasteiger charge is -2.18. The second kappa shape index (κ2) is 7.38. The first-order valence-electron chi connectivity index (χ1n) is 7.30. The lowest BCUT2D eigenvalue weighted by atomic mass is 10.2. The van der Waals surface area contributed by atoms with Gasteiger partial charge < -0.3 is 18.9 Å². The summed E-state index contributed by atoms with van der Waals surface area (Å²) in [4.78, 5) is 18.9. The molecule has 0 radical (unpaired) electrons. The molecule has 1 atom stereocenters. The summed E-state index contributed by atoms with van der Waals surface area (Å²) < 4.78 is 12.1. The molecule has 0 bridgehead atoms. The van der Waals surface area contributed by atoms with Crippen LogP contribution in [-0.4, -0.2) is 54.8 Å². The zero-order valence-electron chi connectivity index (χ0n) is 13.6. The smallest absolute Gasteiger partial charge is 0.328 e. The third-order valence-corrected chi connectivity index (χ3v) is 3.39. The molecule has 0 fully saturated rings. The highest BCUT2D eigenvalue weighted by Gasteiger charge is 2.22. The minimum atomic E-state index is -0.431. The van der Waals surface area contributed by atoms with E-state index in [0.717, 1.165) is 16.9 Å². The molecule has 6 nitrogen and oxygen atoms in total. The topological polar surface area (TPSA) is 56.6 Å². The van der Waals surface area contributed by atoms with Gasteiger partial charge >= 0.3 is 5.97 Å². The van der Waals surface area contributed by atoms with E-state index >= 15 is 0 Å². The summed E-state index contributed by atoms with van der Waals surface area (Å²) in [5, 5.41) is 0. The van der Waals surface area contributed by atoms with Crippen molar-refractivity contribution in [3.63, 3.8) is 0 Å². The van der Waals surface area contributed by atoms with Gasteiger partial charge in [0.15, 0.2) is 0 Å². The Hall–Kier alpha value is -1.92. The summed E-state index contributed by atoms with van der Waals surface area (Å²) in [5.41, 5.74) is 1.83. The van der Waals surface area contributed by atoms with Crippen molar-refractivity contribution in [1.82, 2.24) is 14.5 Å². The highest BCUT2D eigenvalue weighted by atomic mass is 16.6. The van der Waals surface area contributed by atoms with Gasteiger partial charge in [0.25, 0.3) is 0 Å². The molecule has 0 N–H and O–H groups in total. The average Bonchev–Trinajstić information content (AvgIpc) is 2.83. The highest BCUT2D eigenvalue weighted by molar-refractivity contribution is 5.81. The first-order valence-corrected chi connectivity index (χ1v) is 7.30. The van der Waals surface area contributed by atoms with Gasteiger partial charge in [-0.15, -0.1) is 0 Å². The quantitative estimate of drug-likeness (QED) is 0.577. The number of hydrogen-bond donors (Lipinski definition) is 0. The third kappa shape index (κ3) is 3.64. The zero-order valence-corrected chi connectivity index (χ0v) is 13.6. The molecule has 0 aliphatic carbocycles. The van der Waals surface area contributed by atoms with Crippen LogP contribution < -0.4 is 0 Å². The number of benzene rings is 1. The molecule has 1 heterocycles. The zero-order chi connectivity index (χ0) is 16.1. The number of rotatable bonds is 7. The maximum atomic E-state index is 12.3. The monoisotopic (exact) mass is 305 g/mol. The molecule has 0 aliphatic rings. The predicted octanol–water partition coefficient (Wildman–Crippen LogP) is 1.85. The lowest BCUT2D eigenvalue weighted by Crippen LogP contribution is -2.24. The lowest BCUT2D eigenvalue weighted by molar-refractivity contribution is -0.148. The molecule has 0 saturated heterocycles. The number of aromatic nitrogens is 2. The molecule has 0 spiro atoms. The molecule has 2 rings (SSSR count). The molecule has 1 aromatic carbocycles. The molecule has 22 heavy (non-hydrogen) atoms. The summed E-state index contributed by atoms with van der Waals surface area (Å²) in [6.07, 6.45) is 0. The van der Waals surface area contributed by atoms with Gasteiger partial charge in [-0.2, -0.15) is 0 Å². The van der Waals surface area contributed by atoms with Crippen molar-refractivity contribution >= 4 is 17.0 Å². The number of hydrogen-bond acceptors (Lipinski definition) is 5. The largest absolute Gasteiger partial charge is 0.462 e. The number of imidazole rings is 1. The first-order chi connectivity index (χ1) is 10.5. The number of nitrogens with zero attached hydrogens (tertiary/aromatic N) is 3. The van der Waals surface area contributed by atoms with E-state index in [0.29, 0.717) is 13.2 Å². The van der Waals surface area contributed by atoms with Crippen LogP contribution in [-0.2, 0) is 20.8 Å². The van der Waals surface area contributed by atoms with Crippen molar-refractivity contribution < 1.29 is 14.3 Å². The molecule has 0 saturated carbocycles. The van der Waals surface area contributed by atoms with Crippen LogP contribution in [0.4, 0.5) is 0 Å². The number of carbonyl (C=O) groups is 1. The standard InChI is InChI=1S/C16H23N3O3/c1-12(16(20)22-10-9-21-4)19-14-8-6-5-7-13(14)17-15(19)11-18(2)3/h5-8,12H,9-11H2,1-4H3. The van der Waals surface area contributed by atoms with E-state index in [1.807, 2.05) is 54.8 Å². The fraction of sp³-hybridized carbons (Fsp3) is 0.500. The van der Waals surface area contributed by atoms with Crippen molar-refractivity contribution in [2.24, 2.45) is 0 Å². The van der Waals surface area contributed by atoms with Gasteiger partial charge in [0.2, 0.25) is 0 Å². The number of fused-ring (bicyclic) bond motifs is 1. The van der Waals surface area contributed by atoms with Crippen molar-refractivity contribution in [2.45, 2.75) is 19.5 Å². The molecule has 0 amide bonds. The molecule has 2 aromatic rings. The van der Waals surface area contributed by atoms with Crippen molar-refractivity contribution in [2.75, 3.05) is 34.4 Å². The van der Waals surface area contributed by atoms with E-state index in [2.05, 4.69) is 4.98 Å². The third-order valence-electron chi connectivity index (χ3n) is 3.39. The van der Waals surface area contributed by atoms with Crippen molar-refractivity contribution in [3.8, 4) is 0 Å². The summed E-state index contributed by atoms with van der Waals surface area (Å²) in [7, 11) is 5.53. The SMILES string of the molecule is COCCOC(=O)C(C)n1c(CN(C)C)nc2ccccc21. The fourth-order valence-corrected chi connectivity index (χ4v) is 2.37. The van der Waals surface area contributed by atoms with Gasteiger partial charge in [0, 0.05) is 7.11 Å². The Morgan fingerprint density at radius 3 is 2.73 bits per heavy atom. The van der Waals surface area contributed by atoms with Crippen LogP contribution in [0.1, 0.15) is 18.8 Å². The van der Waals surface area contributed by atoms with E-state index in [4.69, 9.17) is 9.47 Å². The average molecular weight is 305 g/mol. The molecular weight excluding hydrogens is 282 g/mol. The Morgan fingerprint density at radius 1 is 1.32 bits per heavy atom.